The van der Waals surface area contributed by atoms with Gasteiger partial charge in [0.2, 0.25) is 5.91 Å². The second kappa shape index (κ2) is 5.74. The van der Waals surface area contributed by atoms with Gasteiger partial charge in [0.15, 0.2) is 0 Å². The highest BCUT2D eigenvalue weighted by Crippen LogP contribution is 2.28. The molecule has 1 saturated heterocycles. The van der Waals surface area contributed by atoms with Gasteiger partial charge in [-0.3, -0.25) is 4.79 Å². The van der Waals surface area contributed by atoms with E-state index in [4.69, 9.17) is 0 Å². The van der Waals surface area contributed by atoms with Crippen molar-refractivity contribution >= 4 is 5.91 Å². The highest BCUT2D eigenvalue weighted by molar-refractivity contribution is 5.86. The summed E-state index contributed by atoms with van der Waals surface area (Å²) in [7, 11) is 1.91. The smallest absolute Gasteiger partial charge is 0.243 e. The van der Waals surface area contributed by atoms with Gasteiger partial charge in [0.05, 0.1) is 11.6 Å². The fourth-order valence-corrected chi connectivity index (χ4v) is 2.91. The molecule has 1 aromatic rings. The van der Waals surface area contributed by atoms with E-state index >= 15 is 0 Å². The molecule has 3 heteroatoms. The van der Waals surface area contributed by atoms with Crippen molar-refractivity contribution in [3.05, 3.63) is 35.9 Å². The highest BCUT2D eigenvalue weighted by atomic mass is 16.2. The van der Waals surface area contributed by atoms with Crippen LogP contribution in [0, 0.1) is 0 Å². The van der Waals surface area contributed by atoms with E-state index in [-0.39, 0.29) is 17.5 Å². The first kappa shape index (κ1) is 14.1. The third-order valence-corrected chi connectivity index (χ3v) is 4.44. The van der Waals surface area contributed by atoms with E-state index in [1.165, 1.54) is 5.56 Å². The molecule has 0 saturated carbocycles. The zero-order chi connectivity index (χ0) is 13.9. The standard InChI is InChI=1S/C16H24N2O/c1-4-16(11-8-12-17-16)15(19)18(3)13(2)14-9-6-5-7-10-14/h5-7,9-10,13,17H,4,8,11-12H2,1-3H3. The maximum absolute atomic E-state index is 12.8. The molecule has 0 aromatic heterocycles. The molecule has 0 bridgehead atoms. The maximum Gasteiger partial charge on any atom is 0.243 e. The quantitative estimate of drug-likeness (QED) is 0.903. The minimum absolute atomic E-state index is 0.111. The third kappa shape index (κ3) is 2.66. The Morgan fingerprint density at radius 3 is 2.63 bits per heavy atom. The molecule has 1 aromatic carbocycles. The van der Waals surface area contributed by atoms with Crippen molar-refractivity contribution in [1.82, 2.24) is 10.2 Å². The van der Waals surface area contributed by atoms with Gasteiger partial charge in [-0.2, -0.15) is 0 Å². The first-order valence-corrected chi connectivity index (χ1v) is 7.18. The van der Waals surface area contributed by atoms with Crippen LogP contribution in [0.5, 0.6) is 0 Å². The fourth-order valence-electron chi connectivity index (χ4n) is 2.91. The summed E-state index contributed by atoms with van der Waals surface area (Å²) in [4.78, 5) is 14.7. The number of nitrogens with one attached hydrogen (secondary N) is 1. The Morgan fingerprint density at radius 1 is 1.42 bits per heavy atom. The van der Waals surface area contributed by atoms with E-state index in [9.17, 15) is 4.79 Å². The van der Waals surface area contributed by atoms with E-state index in [0.717, 1.165) is 25.8 Å². The van der Waals surface area contributed by atoms with Crippen LogP contribution in [0.4, 0.5) is 0 Å². The van der Waals surface area contributed by atoms with Crippen LogP contribution in [-0.2, 0) is 4.79 Å². The minimum Gasteiger partial charge on any atom is -0.337 e. The van der Waals surface area contributed by atoms with Crippen LogP contribution >= 0.6 is 0 Å². The first-order chi connectivity index (χ1) is 9.10. The molecule has 0 aliphatic carbocycles. The van der Waals surface area contributed by atoms with E-state index < -0.39 is 0 Å². The molecule has 0 radical (unpaired) electrons. The van der Waals surface area contributed by atoms with E-state index in [0.29, 0.717) is 0 Å². The van der Waals surface area contributed by atoms with Gasteiger partial charge >= 0.3 is 0 Å². The van der Waals surface area contributed by atoms with Gasteiger partial charge < -0.3 is 10.2 Å². The van der Waals surface area contributed by atoms with Crippen LogP contribution in [0.25, 0.3) is 0 Å². The maximum atomic E-state index is 12.8. The van der Waals surface area contributed by atoms with Crippen molar-refractivity contribution in [2.75, 3.05) is 13.6 Å². The Bertz CT molecular complexity index is 424. The van der Waals surface area contributed by atoms with Crippen LogP contribution in [0.2, 0.25) is 0 Å². The molecule has 0 spiro atoms. The Labute approximate surface area is 116 Å². The molecule has 1 aliphatic rings. The van der Waals surface area contributed by atoms with Crippen molar-refractivity contribution in [3.63, 3.8) is 0 Å². The van der Waals surface area contributed by atoms with Crippen LogP contribution < -0.4 is 5.32 Å². The van der Waals surface area contributed by atoms with Gasteiger partial charge in [0.25, 0.3) is 0 Å². The molecule has 2 unspecified atom stereocenters. The van der Waals surface area contributed by atoms with Crippen molar-refractivity contribution < 1.29 is 4.79 Å². The van der Waals surface area contributed by atoms with Gasteiger partial charge in [-0.15, -0.1) is 0 Å². The Balaban J connectivity index is 2.15. The van der Waals surface area contributed by atoms with Gasteiger partial charge in [0, 0.05) is 7.05 Å². The number of benzene rings is 1. The van der Waals surface area contributed by atoms with Crippen LogP contribution in [0.15, 0.2) is 30.3 Å². The Hall–Kier alpha value is -1.35. The van der Waals surface area contributed by atoms with E-state index in [1.807, 2.05) is 30.1 Å². The van der Waals surface area contributed by atoms with Crippen molar-refractivity contribution in [1.29, 1.82) is 0 Å². The number of rotatable bonds is 4. The molecule has 3 nitrogen and oxygen atoms in total. The average molecular weight is 260 g/mol. The minimum atomic E-state index is -0.336. The lowest BCUT2D eigenvalue weighted by atomic mass is 9.91. The zero-order valence-corrected chi connectivity index (χ0v) is 12.1. The Kier molecular flexibility index (Phi) is 4.25. The first-order valence-electron chi connectivity index (χ1n) is 7.18. The van der Waals surface area contributed by atoms with Crippen LogP contribution in [0.3, 0.4) is 0 Å². The SMILES string of the molecule is CCC1(C(=O)N(C)C(C)c2ccccc2)CCCN1. The zero-order valence-electron chi connectivity index (χ0n) is 12.1. The van der Waals surface area contributed by atoms with Crippen molar-refractivity contribution in [2.24, 2.45) is 0 Å². The summed E-state index contributed by atoms with van der Waals surface area (Å²) in [5.41, 5.74) is 0.847. The van der Waals surface area contributed by atoms with Crippen LogP contribution in [-0.4, -0.2) is 29.9 Å². The number of carbonyl (C=O) groups excluding carboxylic acids is 1. The van der Waals surface area contributed by atoms with E-state index in [1.54, 1.807) is 0 Å². The van der Waals surface area contributed by atoms with Gasteiger partial charge in [-0.05, 0) is 38.3 Å². The van der Waals surface area contributed by atoms with Gasteiger partial charge in [0.1, 0.15) is 0 Å². The molecule has 1 aliphatic heterocycles. The van der Waals surface area contributed by atoms with Crippen LogP contribution in [0.1, 0.15) is 44.7 Å². The normalized spacial score (nSPS) is 24.2. The number of hydrogen-bond donors (Lipinski definition) is 1. The lowest BCUT2D eigenvalue weighted by Crippen LogP contribution is -2.53. The molecule has 1 fully saturated rings. The number of likely N-dealkylation sites (N-methyl/N-ethyl adjacent to an activating group) is 1. The molecule has 1 heterocycles. The molecule has 1 amide bonds. The monoisotopic (exact) mass is 260 g/mol. The second-order valence-corrected chi connectivity index (χ2v) is 5.47. The lowest BCUT2D eigenvalue weighted by Gasteiger charge is -2.35. The molecule has 104 valence electrons. The third-order valence-electron chi connectivity index (χ3n) is 4.44. The molecule has 1 N–H and O–H groups in total. The lowest BCUT2D eigenvalue weighted by molar-refractivity contribution is -0.138. The van der Waals surface area contributed by atoms with Crippen molar-refractivity contribution in [2.45, 2.75) is 44.7 Å². The largest absolute Gasteiger partial charge is 0.337 e. The predicted octanol–water partition coefficient (Wildman–Crippen LogP) is 2.74. The summed E-state index contributed by atoms with van der Waals surface area (Å²) >= 11 is 0. The predicted molar refractivity (Wildman–Crippen MR) is 77.9 cm³/mol. The molecule has 19 heavy (non-hydrogen) atoms. The summed E-state index contributed by atoms with van der Waals surface area (Å²) in [6, 6.07) is 10.3. The molecular formula is C16H24N2O. The second-order valence-electron chi connectivity index (χ2n) is 5.47. The summed E-state index contributed by atoms with van der Waals surface area (Å²) in [6.45, 7) is 5.13. The van der Waals surface area contributed by atoms with Gasteiger partial charge in [-0.25, -0.2) is 0 Å². The number of hydrogen-bond acceptors (Lipinski definition) is 2. The summed E-state index contributed by atoms with van der Waals surface area (Å²) < 4.78 is 0. The molecule has 2 atom stereocenters. The van der Waals surface area contributed by atoms with Crippen molar-refractivity contribution in [3.8, 4) is 0 Å². The summed E-state index contributed by atoms with van der Waals surface area (Å²) in [6.07, 6.45) is 2.90. The topological polar surface area (TPSA) is 32.3 Å². The van der Waals surface area contributed by atoms with E-state index in [2.05, 4.69) is 31.3 Å². The average Bonchev–Trinajstić information content (AvgIpc) is 2.96. The number of amides is 1. The number of nitrogens with zero attached hydrogens (tertiary/aromatic N) is 1. The van der Waals surface area contributed by atoms with Gasteiger partial charge in [-0.1, -0.05) is 37.3 Å². The molecular weight excluding hydrogens is 236 g/mol. The Morgan fingerprint density at radius 2 is 2.11 bits per heavy atom. The number of carbonyl (C=O) groups is 1. The summed E-state index contributed by atoms with van der Waals surface area (Å²) in [5, 5.41) is 3.42. The summed E-state index contributed by atoms with van der Waals surface area (Å²) in [5.74, 6) is 0.226. The highest BCUT2D eigenvalue weighted by Gasteiger charge is 2.41. The molecule has 2 rings (SSSR count). The fraction of sp³-hybridized carbons (Fsp3) is 0.562.